The van der Waals surface area contributed by atoms with Crippen LogP contribution in [0, 0.1) is 5.92 Å². The quantitative estimate of drug-likeness (QED) is 0.637. The van der Waals surface area contributed by atoms with Crippen molar-refractivity contribution in [3.05, 3.63) is 0 Å². The molecule has 0 radical (unpaired) electrons. The molecule has 1 saturated heterocycles. The fourth-order valence-electron chi connectivity index (χ4n) is 2.46. The van der Waals surface area contributed by atoms with E-state index in [0.29, 0.717) is 6.04 Å². The van der Waals surface area contributed by atoms with Gasteiger partial charge in [-0.2, -0.15) is 0 Å². The summed E-state index contributed by atoms with van der Waals surface area (Å²) in [6, 6.07) is 0.657. The Kier molecular flexibility index (Phi) is 5.88. The molecule has 1 nitrogen and oxygen atoms in total. The maximum absolute atomic E-state index is 5.99. The molecule has 1 heterocycles. The summed E-state index contributed by atoms with van der Waals surface area (Å²) in [6.45, 7) is 7.16. The first-order valence-corrected chi connectivity index (χ1v) is 6.61. The maximum Gasteiger partial charge on any atom is 0.0379 e. The SMILES string of the molecule is CCCC(C)CN1CCCCC1CCl. The number of nitrogens with zero attached hydrogens (tertiary/aromatic N) is 1. The molecular formula is C12H24ClN. The third kappa shape index (κ3) is 3.78. The highest BCUT2D eigenvalue weighted by atomic mass is 35.5. The lowest BCUT2D eigenvalue weighted by atomic mass is 9.99. The van der Waals surface area contributed by atoms with Gasteiger partial charge < -0.3 is 0 Å². The van der Waals surface area contributed by atoms with E-state index < -0.39 is 0 Å². The first kappa shape index (κ1) is 12.3. The van der Waals surface area contributed by atoms with Crippen LogP contribution in [-0.2, 0) is 0 Å². The second-order valence-electron chi connectivity index (χ2n) is 4.69. The second kappa shape index (κ2) is 6.68. The topological polar surface area (TPSA) is 3.24 Å². The molecule has 2 heteroatoms. The average molecular weight is 218 g/mol. The van der Waals surface area contributed by atoms with E-state index in [1.54, 1.807) is 0 Å². The minimum atomic E-state index is 0.657. The minimum absolute atomic E-state index is 0.657. The van der Waals surface area contributed by atoms with E-state index in [0.717, 1.165) is 11.8 Å². The normalized spacial score (nSPS) is 26.4. The van der Waals surface area contributed by atoms with Crippen LogP contribution in [0.1, 0.15) is 46.0 Å². The zero-order valence-electron chi connectivity index (χ0n) is 9.64. The predicted octanol–water partition coefficient (Wildman–Crippen LogP) is 3.52. The zero-order valence-corrected chi connectivity index (χ0v) is 10.4. The largest absolute Gasteiger partial charge is 0.299 e. The minimum Gasteiger partial charge on any atom is -0.299 e. The van der Waals surface area contributed by atoms with Gasteiger partial charge in [-0.05, 0) is 31.7 Å². The maximum atomic E-state index is 5.99. The summed E-state index contributed by atoms with van der Waals surface area (Å²) in [5.41, 5.74) is 0. The predicted molar refractivity (Wildman–Crippen MR) is 64.0 cm³/mol. The van der Waals surface area contributed by atoms with E-state index in [9.17, 15) is 0 Å². The van der Waals surface area contributed by atoms with Crippen molar-refractivity contribution < 1.29 is 0 Å². The summed E-state index contributed by atoms with van der Waals surface area (Å²) in [5.74, 6) is 1.66. The van der Waals surface area contributed by atoms with Crippen molar-refractivity contribution in [3.8, 4) is 0 Å². The van der Waals surface area contributed by atoms with E-state index in [1.165, 1.54) is 45.2 Å². The summed E-state index contributed by atoms with van der Waals surface area (Å²) >= 11 is 5.99. The average Bonchev–Trinajstić information content (AvgIpc) is 2.19. The monoisotopic (exact) mass is 217 g/mol. The third-order valence-corrected chi connectivity index (χ3v) is 3.61. The molecule has 0 N–H and O–H groups in total. The second-order valence-corrected chi connectivity index (χ2v) is 5.00. The summed E-state index contributed by atoms with van der Waals surface area (Å²) in [5, 5.41) is 0. The van der Waals surface area contributed by atoms with E-state index in [4.69, 9.17) is 11.6 Å². The third-order valence-electron chi connectivity index (χ3n) is 3.25. The molecule has 0 saturated carbocycles. The summed E-state index contributed by atoms with van der Waals surface area (Å²) in [6.07, 6.45) is 6.71. The van der Waals surface area contributed by atoms with Crippen LogP contribution in [-0.4, -0.2) is 29.9 Å². The van der Waals surface area contributed by atoms with Crippen LogP contribution in [0.15, 0.2) is 0 Å². The Hall–Kier alpha value is 0.250. The Bertz CT molecular complexity index is 149. The molecule has 0 spiro atoms. The van der Waals surface area contributed by atoms with Crippen molar-refractivity contribution in [1.82, 2.24) is 4.90 Å². The summed E-state index contributed by atoms with van der Waals surface area (Å²) in [4.78, 5) is 2.61. The van der Waals surface area contributed by atoms with Crippen LogP contribution in [0.5, 0.6) is 0 Å². The lowest BCUT2D eigenvalue weighted by Gasteiger charge is -2.36. The Balaban J connectivity index is 2.32. The molecule has 1 fully saturated rings. The van der Waals surface area contributed by atoms with Crippen molar-refractivity contribution in [1.29, 1.82) is 0 Å². The van der Waals surface area contributed by atoms with Crippen LogP contribution >= 0.6 is 11.6 Å². The van der Waals surface area contributed by atoms with Crippen LogP contribution in [0.3, 0.4) is 0 Å². The smallest absolute Gasteiger partial charge is 0.0379 e. The highest BCUT2D eigenvalue weighted by Crippen LogP contribution is 2.20. The van der Waals surface area contributed by atoms with Crippen LogP contribution in [0.2, 0.25) is 0 Å². The van der Waals surface area contributed by atoms with E-state index in [2.05, 4.69) is 18.7 Å². The number of hydrogen-bond donors (Lipinski definition) is 0. The van der Waals surface area contributed by atoms with Crippen molar-refractivity contribution in [2.75, 3.05) is 19.0 Å². The first-order valence-electron chi connectivity index (χ1n) is 6.08. The van der Waals surface area contributed by atoms with Gasteiger partial charge in [0.05, 0.1) is 0 Å². The van der Waals surface area contributed by atoms with Gasteiger partial charge in [0.15, 0.2) is 0 Å². The van der Waals surface area contributed by atoms with E-state index in [-0.39, 0.29) is 0 Å². The van der Waals surface area contributed by atoms with E-state index >= 15 is 0 Å². The number of rotatable bonds is 5. The van der Waals surface area contributed by atoms with Gasteiger partial charge in [-0.1, -0.05) is 26.7 Å². The van der Waals surface area contributed by atoms with Gasteiger partial charge in [-0.25, -0.2) is 0 Å². The molecule has 0 aromatic rings. The Labute approximate surface area is 93.8 Å². The van der Waals surface area contributed by atoms with Crippen molar-refractivity contribution >= 4 is 11.6 Å². The fraction of sp³-hybridized carbons (Fsp3) is 1.00. The fourth-order valence-corrected chi connectivity index (χ4v) is 2.81. The Morgan fingerprint density at radius 2 is 2.21 bits per heavy atom. The molecule has 0 aromatic carbocycles. The molecule has 2 atom stereocenters. The highest BCUT2D eigenvalue weighted by molar-refractivity contribution is 6.18. The van der Waals surface area contributed by atoms with Crippen LogP contribution in [0.25, 0.3) is 0 Å². The number of hydrogen-bond acceptors (Lipinski definition) is 1. The summed E-state index contributed by atoms with van der Waals surface area (Å²) in [7, 11) is 0. The van der Waals surface area contributed by atoms with Gasteiger partial charge in [0, 0.05) is 18.5 Å². The van der Waals surface area contributed by atoms with Gasteiger partial charge in [0.1, 0.15) is 0 Å². The molecular weight excluding hydrogens is 194 g/mol. The van der Waals surface area contributed by atoms with Gasteiger partial charge in [-0.15, -0.1) is 11.6 Å². The molecule has 1 rings (SSSR count). The van der Waals surface area contributed by atoms with Crippen molar-refractivity contribution in [3.63, 3.8) is 0 Å². The lowest BCUT2D eigenvalue weighted by Crippen LogP contribution is -2.42. The number of piperidine rings is 1. The van der Waals surface area contributed by atoms with Gasteiger partial charge in [-0.3, -0.25) is 4.90 Å². The molecule has 1 aliphatic heterocycles. The number of alkyl halides is 1. The van der Waals surface area contributed by atoms with Gasteiger partial charge in [0.25, 0.3) is 0 Å². The highest BCUT2D eigenvalue weighted by Gasteiger charge is 2.22. The molecule has 0 bridgehead atoms. The van der Waals surface area contributed by atoms with Crippen LogP contribution < -0.4 is 0 Å². The first-order chi connectivity index (χ1) is 6.77. The Morgan fingerprint density at radius 3 is 2.86 bits per heavy atom. The van der Waals surface area contributed by atoms with E-state index in [1.807, 2.05) is 0 Å². The summed E-state index contributed by atoms with van der Waals surface area (Å²) < 4.78 is 0. The molecule has 84 valence electrons. The number of halogens is 1. The standard InChI is InChI=1S/C12H24ClN/c1-3-6-11(2)10-14-8-5-4-7-12(14)9-13/h11-12H,3-10H2,1-2H3. The van der Waals surface area contributed by atoms with Crippen molar-refractivity contribution in [2.24, 2.45) is 5.92 Å². The molecule has 1 aliphatic rings. The zero-order chi connectivity index (χ0) is 10.4. The molecule has 0 aromatic heterocycles. The lowest BCUT2D eigenvalue weighted by molar-refractivity contribution is 0.139. The molecule has 2 unspecified atom stereocenters. The number of likely N-dealkylation sites (tertiary alicyclic amines) is 1. The Morgan fingerprint density at radius 1 is 1.43 bits per heavy atom. The van der Waals surface area contributed by atoms with Crippen LogP contribution in [0.4, 0.5) is 0 Å². The molecule has 14 heavy (non-hydrogen) atoms. The van der Waals surface area contributed by atoms with Gasteiger partial charge >= 0.3 is 0 Å². The van der Waals surface area contributed by atoms with Gasteiger partial charge in [0.2, 0.25) is 0 Å². The molecule has 0 amide bonds. The molecule has 0 aliphatic carbocycles. The van der Waals surface area contributed by atoms with Crippen molar-refractivity contribution in [2.45, 2.75) is 52.0 Å².